The monoisotopic (exact) mass is 512 g/mol. The molecule has 35 heavy (non-hydrogen) atoms. The standard InChI is InChI=1S/C23H24N6O4S2/c1-4-7-26-35(31,32)29-12-19-21(13-29)34-23(27-19)28-22(30)18-11-25-14(2)8-16(18)17-9-15(10-24)5-6-20(17)33-3/h5-6,8-9,11,26H,4,7,12-13H2,1-3H3,(H,27,28,30). The molecule has 4 rings (SSSR count). The van der Waals surface area contributed by atoms with Crippen molar-refractivity contribution in [1.29, 1.82) is 5.26 Å². The number of nitrogens with zero attached hydrogens (tertiary/aromatic N) is 4. The van der Waals surface area contributed by atoms with Crippen LogP contribution in [0.1, 0.15) is 45.5 Å². The number of carbonyl (C=O) groups excluding carboxylic acids is 1. The second-order valence-corrected chi connectivity index (χ2v) is 10.7. The molecule has 1 aliphatic rings. The third-order valence-electron chi connectivity index (χ3n) is 5.42. The number of benzene rings is 1. The molecule has 0 fully saturated rings. The predicted octanol–water partition coefficient (Wildman–Crippen LogP) is 3.21. The molecule has 0 saturated heterocycles. The third-order valence-corrected chi connectivity index (χ3v) is 7.93. The van der Waals surface area contributed by atoms with Gasteiger partial charge in [-0.2, -0.15) is 18.0 Å². The van der Waals surface area contributed by atoms with Gasteiger partial charge in [0.2, 0.25) is 0 Å². The van der Waals surface area contributed by atoms with E-state index in [1.54, 1.807) is 24.3 Å². The highest BCUT2D eigenvalue weighted by molar-refractivity contribution is 7.87. The minimum atomic E-state index is -3.57. The molecule has 2 aromatic heterocycles. The van der Waals surface area contributed by atoms with E-state index < -0.39 is 16.1 Å². The minimum Gasteiger partial charge on any atom is -0.496 e. The van der Waals surface area contributed by atoms with Gasteiger partial charge in [-0.05, 0) is 37.6 Å². The fraction of sp³-hybridized carbons (Fsp3) is 0.304. The van der Waals surface area contributed by atoms with Crippen LogP contribution in [-0.4, -0.2) is 42.3 Å². The molecule has 182 valence electrons. The van der Waals surface area contributed by atoms with Gasteiger partial charge in [0.05, 0.1) is 43.1 Å². The fourth-order valence-corrected chi connectivity index (χ4v) is 5.97. The van der Waals surface area contributed by atoms with E-state index in [4.69, 9.17) is 4.74 Å². The van der Waals surface area contributed by atoms with Crippen LogP contribution in [0.3, 0.4) is 0 Å². The predicted molar refractivity (Wildman–Crippen MR) is 132 cm³/mol. The quantitative estimate of drug-likeness (QED) is 0.473. The van der Waals surface area contributed by atoms with Crippen LogP contribution in [0.15, 0.2) is 30.5 Å². The van der Waals surface area contributed by atoms with Crippen molar-refractivity contribution in [2.45, 2.75) is 33.4 Å². The summed E-state index contributed by atoms with van der Waals surface area (Å²) in [4.78, 5) is 22.7. The van der Waals surface area contributed by atoms with Crippen molar-refractivity contribution in [1.82, 2.24) is 19.0 Å². The summed E-state index contributed by atoms with van der Waals surface area (Å²) in [7, 11) is -2.05. The van der Waals surface area contributed by atoms with Gasteiger partial charge in [0, 0.05) is 34.4 Å². The van der Waals surface area contributed by atoms with E-state index in [0.717, 1.165) is 4.88 Å². The first-order chi connectivity index (χ1) is 16.7. The van der Waals surface area contributed by atoms with Crippen LogP contribution in [-0.2, 0) is 23.3 Å². The van der Waals surface area contributed by atoms with Crippen molar-refractivity contribution >= 4 is 32.6 Å². The highest BCUT2D eigenvalue weighted by atomic mass is 32.2. The van der Waals surface area contributed by atoms with Crippen LogP contribution in [0, 0.1) is 18.3 Å². The van der Waals surface area contributed by atoms with Crippen molar-refractivity contribution in [3.05, 3.63) is 57.9 Å². The van der Waals surface area contributed by atoms with Crippen molar-refractivity contribution in [2.24, 2.45) is 0 Å². The molecule has 1 aliphatic heterocycles. The Kier molecular flexibility index (Phi) is 7.13. The average molecular weight is 513 g/mol. The summed E-state index contributed by atoms with van der Waals surface area (Å²) < 4.78 is 34.1. The summed E-state index contributed by atoms with van der Waals surface area (Å²) in [5.41, 5.74) is 3.24. The number of fused-ring (bicyclic) bond motifs is 1. The van der Waals surface area contributed by atoms with Crippen LogP contribution in [0.4, 0.5) is 5.13 Å². The number of methoxy groups -OCH3 is 1. The molecule has 1 amide bonds. The number of hydrogen-bond donors (Lipinski definition) is 2. The van der Waals surface area contributed by atoms with Gasteiger partial charge in [0.1, 0.15) is 5.75 Å². The fourth-order valence-electron chi connectivity index (χ4n) is 3.68. The zero-order chi connectivity index (χ0) is 25.2. The maximum absolute atomic E-state index is 13.2. The molecule has 2 N–H and O–H groups in total. The van der Waals surface area contributed by atoms with E-state index in [-0.39, 0.29) is 13.1 Å². The molecule has 10 nitrogen and oxygen atoms in total. The van der Waals surface area contributed by atoms with E-state index in [9.17, 15) is 18.5 Å². The van der Waals surface area contributed by atoms with Gasteiger partial charge in [-0.3, -0.25) is 15.1 Å². The zero-order valence-corrected chi connectivity index (χ0v) is 21.1. The maximum Gasteiger partial charge on any atom is 0.280 e. The van der Waals surface area contributed by atoms with Crippen LogP contribution >= 0.6 is 11.3 Å². The molecule has 3 aromatic rings. The molecular formula is C23H24N6O4S2. The molecule has 0 spiro atoms. The number of nitrogens with one attached hydrogen (secondary N) is 2. The van der Waals surface area contributed by atoms with Gasteiger partial charge < -0.3 is 4.74 Å². The lowest BCUT2D eigenvalue weighted by molar-refractivity contribution is 0.102. The Morgan fingerprint density at radius 2 is 2.09 bits per heavy atom. The summed E-state index contributed by atoms with van der Waals surface area (Å²) >= 11 is 1.24. The number of nitriles is 1. The summed E-state index contributed by atoms with van der Waals surface area (Å²) in [5, 5.41) is 12.5. The molecule has 1 aromatic carbocycles. The van der Waals surface area contributed by atoms with E-state index in [0.29, 0.717) is 57.5 Å². The molecule has 0 aliphatic carbocycles. The first-order valence-corrected chi connectivity index (χ1v) is 13.1. The second kappa shape index (κ2) is 10.1. The summed E-state index contributed by atoms with van der Waals surface area (Å²) in [5.74, 6) is 0.105. The van der Waals surface area contributed by atoms with E-state index in [2.05, 4.69) is 26.1 Å². The zero-order valence-electron chi connectivity index (χ0n) is 19.5. The van der Waals surface area contributed by atoms with Gasteiger partial charge in [-0.1, -0.05) is 18.3 Å². The Morgan fingerprint density at radius 3 is 2.77 bits per heavy atom. The normalized spacial score (nSPS) is 13.3. The van der Waals surface area contributed by atoms with Crippen LogP contribution in [0.25, 0.3) is 11.1 Å². The summed E-state index contributed by atoms with van der Waals surface area (Å²) in [6.45, 7) is 4.43. The number of aromatic nitrogens is 2. The number of anilines is 1. The number of rotatable bonds is 8. The molecule has 3 heterocycles. The van der Waals surface area contributed by atoms with Gasteiger partial charge in [0.15, 0.2) is 5.13 Å². The Labute approximate surface area is 207 Å². The van der Waals surface area contributed by atoms with Gasteiger partial charge in [-0.15, -0.1) is 0 Å². The SMILES string of the molecule is CCCNS(=O)(=O)N1Cc2nc(NC(=O)c3cnc(C)cc3-c3cc(C#N)ccc3OC)sc2C1. The number of hydrogen-bond acceptors (Lipinski definition) is 8. The van der Waals surface area contributed by atoms with E-state index >= 15 is 0 Å². The molecular weight excluding hydrogens is 488 g/mol. The van der Waals surface area contributed by atoms with E-state index in [1.165, 1.54) is 28.9 Å². The van der Waals surface area contributed by atoms with Crippen molar-refractivity contribution in [3.8, 4) is 22.9 Å². The van der Waals surface area contributed by atoms with Gasteiger partial charge in [-0.25, -0.2) is 9.71 Å². The number of thiazole rings is 1. The Morgan fingerprint density at radius 1 is 1.29 bits per heavy atom. The molecule has 0 bridgehead atoms. The maximum atomic E-state index is 13.2. The van der Waals surface area contributed by atoms with Crippen LogP contribution in [0.5, 0.6) is 5.75 Å². The topological polar surface area (TPSA) is 137 Å². The Hall–Kier alpha value is -3.37. The first-order valence-electron chi connectivity index (χ1n) is 10.9. The number of amides is 1. The summed E-state index contributed by atoms with van der Waals surface area (Å²) in [6.07, 6.45) is 2.18. The van der Waals surface area contributed by atoms with Gasteiger partial charge >= 0.3 is 0 Å². The minimum absolute atomic E-state index is 0.149. The molecule has 0 atom stereocenters. The molecule has 12 heteroatoms. The lowest BCUT2D eigenvalue weighted by atomic mass is 9.97. The largest absolute Gasteiger partial charge is 0.496 e. The lowest BCUT2D eigenvalue weighted by Gasteiger charge is -2.16. The van der Waals surface area contributed by atoms with Crippen LogP contribution in [0.2, 0.25) is 0 Å². The molecule has 0 radical (unpaired) electrons. The van der Waals surface area contributed by atoms with Crippen molar-refractivity contribution in [3.63, 3.8) is 0 Å². The first kappa shape index (κ1) is 24.7. The third kappa shape index (κ3) is 5.18. The highest BCUT2D eigenvalue weighted by Crippen LogP contribution is 2.35. The van der Waals surface area contributed by atoms with Crippen LogP contribution < -0.4 is 14.8 Å². The number of ether oxygens (including phenoxy) is 1. The Balaban J connectivity index is 1.58. The van der Waals surface area contributed by atoms with Gasteiger partial charge in [0.25, 0.3) is 16.1 Å². The highest BCUT2D eigenvalue weighted by Gasteiger charge is 2.32. The average Bonchev–Trinajstić information content (AvgIpc) is 3.41. The Bertz CT molecular complexity index is 1400. The van der Waals surface area contributed by atoms with E-state index in [1.807, 2.05) is 13.8 Å². The number of aryl methyl sites for hydroxylation is 1. The van der Waals surface area contributed by atoms with Crippen molar-refractivity contribution < 1.29 is 17.9 Å². The van der Waals surface area contributed by atoms with Crippen molar-refractivity contribution in [2.75, 3.05) is 19.0 Å². The second-order valence-electron chi connectivity index (χ2n) is 7.91. The molecule has 0 saturated carbocycles. The smallest absolute Gasteiger partial charge is 0.280 e. The number of carbonyl (C=O) groups is 1. The molecule has 0 unspecified atom stereocenters. The number of pyridine rings is 1. The lowest BCUT2D eigenvalue weighted by Crippen LogP contribution is -2.37. The summed E-state index contributed by atoms with van der Waals surface area (Å²) in [6, 6.07) is 8.88.